The number of hydrogen-bond donors (Lipinski definition) is 1. The van der Waals surface area contributed by atoms with Crippen LogP contribution in [0.2, 0.25) is 5.02 Å². The molecule has 34 heavy (non-hydrogen) atoms. The quantitative estimate of drug-likeness (QED) is 0.463. The van der Waals surface area contributed by atoms with Crippen molar-refractivity contribution >= 4 is 33.2 Å². The highest BCUT2D eigenvalue weighted by atomic mass is 35.5. The molecule has 0 aromatic heterocycles. The summed E-state index contributed by atoms with van der Waals surface area (Å²) in [6, 6.07) is 17.4. The van der Waals surface area contributed by atoms with Crippen LogP contribution in [0, 0.1) is 6.92 Å². The van der Waals surface area contributed by atoms with Crippen LogP contribution < -0.4 is 19.1 Å². The van der Waals surface area contributed by atoms with E-state index < -0.39 is 10.0 Å². The summed E-state index contributed by atoms with van der Waals surface area (Å²) < 4.78 is 36.8. The van der Waals surface area contributed by atoms with Gasteiger partial charge in [0.2, 0.25) is 10.0 Å². The van der Waals surface area contributed by atoms with Gasteiger partial charge in [-0.05, 0) is 66.1 Å². The number of nitrogens with zero attached hydrogens (tertiary/aromatic N) is 1. The molecule has 0 atom stereocenters. The first-order valence-electron chi connectivity index (χ1n) is 10.4. The van der Waals surface area contributed by atoms with Gasteiger partial charge in [0.25, 0.3) is 5.91 Å². The first kappa shape index (κ1) is 25.4. The van der Waals surface area contributed by atoms with Crippen molar-refractivity contribution in [3.8, 4) is 11.5 Å². The Bertz CT molecular complexity index is 1280. The summed E-state index contributed by atoms with van der Waals surface area (Å²) in [5.41, 5.74) is 3.39. The third-order valence-corrected chi connectivity index (χ3v) is 6.63. The number of ether oxygens (including phenoxy) is 2. The molecule has 1 N–H and O–H groups in total. The number of halogens is 1. The Balaban J connectivity index is 1.70. The molecule has 0 aliphatic carbocycles. The van der Waals surface area contributed by atoms with Gasteiger partial charge in [-0.2, -0.15) is 0 Å². The minimum atomic E-state index is -3.54. The number of sulfonamides is 1. The Morgan fingerprint density at radius 3 is 2.18 bits per heavy atom. The second-order valence-electron chi connectivity index (χ2n) is 7.77. The zero-order valence-electron chi connectivity index (χ0n) is 19.5. The molecule has 0 unspecified atom stereocenters. The minimum absolute atomic E-state index is 0.134. The number of carbonyl (C=O) groups is 1. The molecule has 3 aromatic carbocycles. The van der Waals surface area contributed by atoms with Crippen LogP contribution in [0.3, 0.4) is 0 Å². The smallest absolute Gasteiger partial charge is 0.251 e. The van der Waals surface area contributed by atoms with Crippen LogP contribution in [0.25, 0.3) is 0 Å². The molecule has 0 spiro atoms. The second-order valence-corrected chi connectivity index (χ2v) is 10.1. The number of rotatable bonds is 9. The van der Waals surface area contributed by atoms with Crippen molar-refractivity contribution < 1.29 is 22.7 Å². The predicted molar refractivity (Wildman–Crippen MR) is 134 cm³/mol. The number of methoxy groups -OCH3 is 2. The monoisotopic (exact) mass is 502 g/mol. The molecule has 0 saturated carbocycles. The van der Waals surface area contributed by atoms with Crippen molar-refractivity contribution in [3.05, 3.63) is 87.9 Å². The number of carbonyl (C=O) groups excluding carboxylic acids is 1. The molecule has 9 heteroatoms. The van der Waals surface area contributed by atoms with Gasteiger partial charge in [-0.1, -0.05) is 29.8 Å². The number of nitrogens with one attached hydrogen (secondary N) is 1. The largest absolute Gasteiger partial charge is 0.493 e. The Morgan fingerprint density at radius 1 is 0.941 bits per heavy atom. The van der Waals surface area contributed by atoms with E-state index in [1.165, 1.54) is 4.31 Å². The summed E-state index contributed by atoms with van der Waals surface area (Å²) in [4.78, 5) is 12.6. The van der Waals surface area contributed by atoms with E-state index >= 15 is 0 Å². The van der Waals surface area contributed by atoms with Crippen molar-refractivity contribution in [1.29, 1.82) is 0 Å². The van der Waals surface area contributed by atoms with Crippen LogP contribution in [0.1, 0.15) is 27.0 Å². The van der Waals surface area contributed by atoms with Crippen LogP contribution in [-0.2, 0) is 23.1 Å². The Morgan fingerprint density at radius 2 is 1.59 bits per heavy atom. The molecular formula is C25H27ClN2O5S. The van der Waals surface area contributed by atoms with E-state index in [0.29, 0.717) is 34.3 Å². The first-order chi connectivity index (χ1) is 16.1. The van der Waals surface area contributed by atoms with Crippen LogP contribution >= 0.6 is 11.6 Å². The summed E-state index contributed by atoms with van der Waals surface area (Å²) in [5, 5.41) is 3.41. The highest BCUT2D eigenvalue weighted by Gasteiger charge is 2.20. The lowest BCUT2D eigenvalue weighted by atomic mass is 10.1. The molecule has 0 aliphatic rings. The lowest BCUT2D eigenvalue weighted by Gasteiger charge is -2.24. The van der Waals surface area contributed by atoms with Gasteiger partial charge in [-0.15, -0.1) is 0 Å². The average molecular weight is 503 g/mol. The molecular weight excluding hydrogens is 476 g/mol. The summed E-state index contributed by atoms with van der Waals surface area (Å²) in [6.07, 6.45) is 1.16. The zero-order chi connectivity index (χ0) is 24.9. The Kier molecular flexibility index (Phi) is 8.06. The van der Waals surface area contributed by atoms with Crippen molar-refractivity contribution in [2.75, 3.05) is 24.8 Å². The van der Waals surface area contributed by atoms with Crippen molar-refractivity contribution in [3.63, 3.8) is 0 Å². The topological polar surface area (TPSA) is 84.9 Å². The molecule has 0 aliphatic heterocycles. The number of anilines is 1. The summed E-state index contributed by atoms with van der Waals surface area (Å²) >= 11 is 6.02. The highest BCUT2D eigenvalue weighted by molar-refractivity contribution is 7.92. The van der Waals surface area contributed by atoms with E-state index in [0.717, 1.165) is 22.9 Å². The van der Waals surface area contributed by atoms with Crippen molar-refractivity contribution in [2.45, 2.75) is 20.0 Å². The molecule has 0 heterocycles. The van der Waals surface area contributed by atoms with Crippen LogP contribution in [0.4, 0.5) is 5.69 Å². The molecule has 180 valence electrons. The van der Waals surface area contributed by atoms with Gasteiger partial charge >= 0.3 is 0 Å². The fraction of sp³-hybridized carbons (Fsp3) is 0.240. The average Bonchev–Trinajstić information content (AvgIpc) is 2.81. The van der Waals surface area contributed by atoms with Gasteiger partial charge in [0, 0.05) is 17.1 Å². The van der Waals surface area contributed by atoms with Crippen LogP contribution in [0.5, 0.6) is 11.5 Å². The summed E-state index contributed by atoms with van der Waals surface area (Å²) in [5.74, 6) is 0.963. The van der Waals surface area contributed by atoms with E-state index in [1.54, 1.807) is 68.8 Å². The van der Waals surface area contributed by atoms with Crippen LogP contribution in [0.15, 0.2) is 60.7 Å². The van der Waals surface area contributed by atoms with Gasteiger partial charge in [0.15, 0.2) is 11.5 Å². The number of hydrogen-bond acceptors (Lipinski definition) is 5. The number of aryl methyl sites for hydroxylation is 1. The molecule has 0 bridgehead atoms. The van der Waals surface area contributed by atoms with Crippen molar-refractivity contribution in [1.82, 2.24) is 5.32 Å². The maximum Gasteiger partial charge on any atom is 0.251 e. The Labute approximate surface area is 205 Å². The third-order valence-electron chi connectivity index (χ3n) is 5.27. The normalized spacial score (nSPS) is 11.1. The first-order valence-corrected chi connectivity index (χ1v) is 12.7. The maximum atomic E-state index is 12.6. The lowest BCUT2D eigenvalue weighted by Crippen LogP contribution is -2.30. The van der Waals surface area contributed by atoms with Crippen molar-refractivity contribution in [2.24, 2.45) is 0 Å². The molecule has 1 amide bonds. The zero-order valence-corrected chi connectivity index (χ0v) is 21.0. The van der Waals surface area contributed by atoms with Gasteiger partial charge in [-0.3, -0.25) is 9.10 Å². The van der Waals surface area contributed by atoms with E-state index in [2.05, 4.69) is 5.32 Å². The molecule has 3 rings (SSSR count). The van der Waals surface area contributed by atoms with Gasteiger partial charge in [0.05, 0.1) is 32.7 Å². The van der Waals surface area contributed by atoms with E-state index in [4.69, 9.17) is 21.1 Å². The number of amides is 1. The standard InChI is InChI=1S/C25H27ClN2O5S/c1-17-13-21(26)10-11-22(17)28(34(4,30)31)16-18-5-8-20(9-6-18)25(29)27-15-19-7-12-23(32-2)24(14-19)33-3/h5-14H,15-16H2,1-4H3,(H,27,29). The summed E-state index contributed by atoms with van der Waals surface area (Å²) in [6.45, 7) is 2.26. The SMILES string of the molecule is COc1ccc(CNC(=O)c2ccc(CN(c3ccc(Cl)cc3C)S(C)(=O)=O)cc2)cc1OC. The minimum Gasteiger partial charge on any atom is -0.493 e. The van der Waals surface area contributed by atoms with E-state index in [-0.39, 0.29) is 12.5 Å². The fourth-order valence-corrected chi connectivity index (χ4v) is 4.65. The van der Waals surface area contributed by atoms with E-state index in [9.17, 15) is 13.2 Å². The molecule has 0 radical (unpaired) electrons. The maximum absolute atomic E-state index is 12.6. The molecule has 0 fully saturated rings. The van der Waals surface area contributed by atoms with Gasteiger partial charge in [0.1, 0.15) is 0 Å². The molecule has 7 nitrogen and oxygen atoms in total. The highest BCUT2D eigenvalue weighted by Crippen LogP contribution is 2.28. The molecule has 3 aromatic rings. The summed E-state index contributed by atoms with van der Waals surface area (Å²) in [7, 11) is -0.416. The molecule has 0 saturated heterocycles. The van der Waals surface area contributed by atoms with E-state index in [1.807, 2.05) is 13.0 Å². The predicted octanol–water partition coefficient (Wildman–Crippen LogP) is 4.56. The fourth-order valence-electron chi connectivity index (χ4n) is 3.48. The Hall–Kier alpha value is -3.23. The van der Waals surface area contributed by atoms with Gasteiger partial charge < -0.3 is 14.8 Å². The number of benzene rings is 3. The van der Waals surface area contributed by atoms with Gasteiger partial charge in [-0.25, -0.2) is 8.42 Å². The third kappa shape index (κ3) is 6.21. The second kappa shape index (κ2) is 10.8. The van der Waals surface area contributed by atoms with Crippen LogP contribution in [-0.4, -0.2) is 34.8 Å². The lowest BCUT2D eigenvalue weighted by molar-refractivity contribution is 0.0951.